The number of carboxylic acid groups (broad SMARTS) is 1. The minimum atomic E-state index is -1.36. The van der Waals surface area contributed by atoms with Gasteiger partial charge in [-0.15, -0.1) is 0 Å². The number of amides is 2. The number of pyridine rings is 1. The van der Waals surface area contributed by atoms with Gasteiger partial charge in [-0.05, 0) is 74.6 Å². The molecule has 2 aliphatic heterocycles. The van der Waals surface area contributed by atoms with Gasteiger partial charge in [0.1, 0.15) is 23.3 Å². The topological polar surface area (TPSA) is 141 Å². The lowest BCUT2D eigenvalue weighted by atomic mass is 9.87. The summed E-state index contributed by atoms with van der Waals surface area (Å²) >= 11 is 0. The maximum atomic E-state index is 15.4. The van der Waals surface area contributed by atoms with Crippen molar-refractivity contribution in [1.29, 1.82) is 0 Å². The standard InChI is InChI=1S/C33H34F2N4O7/c1-18(23-6-5-21(11-26(23)34)39-16-22(46-32(39)44)15-36-19(2)40)14-33(45)7-9-37(10-8-33)29-13-28-24(12-27(29)35)30(41)25(31(42)43)17-38(28)20-3-4-20/h5-6,11-14,17,20,22,45H,3-4,7-10,15-16H2,1-2H3,(H,36,40)(H,42,43)/b18-14+/t22-/m0/s1. The Balaban J connectivity index is 1.17. The summed E-state index contributed by atoms with van der Waals surface area (Å²) in [6, 6.07) is 7.07. The number of allylic oxidation sites excluding steroid dienone is 1. The van der Waals surface area contributed by atoms with Gasteiger partial charge in [0.05, 0.1) is 35.6 Å². The second-order valence-electron chi connectivity index (χ2n) is 12.3. The number of nitrogens with one attached hydrogen (secondary N) is 1. The second kappa shape index (κ2) is 11.9. The van der Waals surface area contributed by atoms with Crippen LogP contribution in [0.15, 0.2) is 47.4 Å². The zero-order valence-electron chi connectivity index (χ0n) is 25.4. The molecule has 242 valence electrons. The molecule has 46 heavy (non-hydrogen) atoms. The highest BCUT2D eigenvalue weighted by Gasteiger charge is 2.35. The Bertz CT molecular complexity index is 1840. The zero-order valence-corrected chi connectivity index (χ0v) is 25.4. The van der Waals surface area contributed by atoms with Crippen molar-refractivity contribution in [2.75, 3.05) is 36.0 Å². The molecule has 3 fully saturated rings. The fourth-order valence-corrected chi connectivity index (χ4v) is 6.26. The van der Waals surface area contributed by atoms with Crippen LogP contribution in [0.5, 0.6) is 0 Å². The molecule has 0 spiro atoms. The summed E-state index contributed by atoms with van der Waals surface area (Å²) in [5.41, 5.74) is -0.642. The Morgan fingerprint density at radius 2 is 1.78 bits per heavy atom. The van der Waals surface area contributed by atoms with Gasteiger partial charge in [0.25, 0.3) is 0 Å². The zero-order chi connectivity index (χ0) is 32.9. The number of carboxylic acids is 1. The number of cyclic esters (lactones) is 1. The first-order chi connectivity index (χ1) is 21.8. The molecule has 3 aromatic rings. The fraction of sp³-hybridized carbons (Fsp3) is 0.394. The number of halogens is 2. The number of carbonyl (C=O) groups is 3. The molecule has 1 aromatic heterocycles. The third-order valence-corrected chi connectivity index (χ3v) is 8.87. The van der Waals surface area contributed by atoms with Crippen molar-refractivity contribution in [3.8, 4) is 0 Å². The SMILES string of the molecule is CC(=O)NC[C@H]1CN(c2ccc(/C(C)=C/C3(O)CCN(c4cc5c(cc4F)c(=O)c(C(=O)O)cn5C4CC4)CC3)c(F)c2)C(=O)O1. The van der Waals surface area contributed by atoms with Crippen molar-refractivity contribution in [2.45, 2.75) is 57.3 Å². The monoisotopic (exact) mass is 636 g/mol. The number of rotatable bonds is 8. The predicted octanol–water partition coefficient (Wildman–Crippen LogP) is 4.21. The van der Waals surface area contributed by atoms with Crippen molar-refractivity contribution >= 4 is 45.8 Å². The summed E-state index contributed by atoms with van der Waals surface area (Å²) in [5, 5.41) is 23.5. The van der Waals surface area contributed by atoms with Crippen LogP contribution in [0.3, 0.4) is 0 Å². The Morgan fingerprint density at radius 1 is 1.07 bits per heavy atom. The molecule has 13 heteroatoms. The number of hydrogen-bond acceptors (Lipinski definition) is 7. The first-order valence-corrected chi connectivity index (χ1v) is 15.1. The Hall–Kier alpha value is -4.78. The number of nitrogens with zero attached hydrogens (tertiary/aromatic N) is 3. The third-order valence-electron chi connectivity index (χ3n) is 8.87. The minimum Gasteiger partial charge on any atom is -0.477 e. The first kappa shape index (κ1) is 31.2. The molecule has 2 aromatic carbocycles. The Morgan fingerprint density at radius 3 is 2.41 bits per heavy atom. The van der Waals surface area contributed by atoms with Crippen LogP contribution in [0.2, 0.25) is 0 Å². The molecular weight excluding hydrogens is 602 g/mol. The van der Waals surface area contributed by atoms with E-state index in [-0.39, 0.29) is 67.6 Å². The van der Waals surface area contributed by atoms with Gasteiger partial charge in [-0.3, -0.25) is 14.5 Å². The van der Waals surface area contributed by atoms with Crippen molar-refractivity contribution in [2.24, 2.45) is 0 Å². The van der Waals surface area contributed by atoms with Crippen LogP contribution >= 0.6 is 0 Å². The van der Waals surface area contributed by atoms with Crippen molar-refractivity contribution in [3.63, 3.8) is 0 Å². The lowest BCUT2D eigenvalue weighted by Gasteiger charge is -2.38. The van der Waals surface area contributed by atoms with Gasteiger partial charge in [0.2, 0.25) is 11.3 Å². The second-order valence-corrected chi connectivity index (χ2v) is 12.3. The van der Waals surface area contributed by atoms with Gasteiger partial charge < -0.3 is 29.7 Å². The third kappa shape index (κ3) is 6.06. The first-order valence-electron chi connectivity index (χ1n) is 15.1. The van der Waals surface area contributed by atoms with Gasteiger partial charge in [-0.2, -0.15) is 0 Å². The summed E-state index contributed by atoms with van der Waals surface area (Å²) in [6.07, 6.45) is 3.86. The van der Waals surface area contributed by atoms with Crippen molar-refractivity contribution in [1.82, 2.24) is 9.88 Å². The molecule has 2 saturated heterocycles. The van der Waals surface area contributed by atoms with E-state index in [1.165, 1.54) is 30.2 Å². The molecular formula is C33H34F2N4O7. The number of anilines is 2. The van der Waals surface area contributed by atoms with E-state index in [9.17, 15) is 29.4 Å². The van der Waals surface area contributed by atoms with Gasteiger partial charge in [-0.25, -0.2) is 18.4 Å². The molecule has 0 radical (unpaired) electrons. The largest absolute Gasteiger partial charge is 0.477 e. The normalized spacial score (nSPS) is 19.8. The molecule has 0 bridgehead atoms. The quantitative estimate of drug-likeness (QED) is 0.334. The molecule has 6 rings (SSSR count). The van der Waals surface area contributed by atoms with Gasteiger partial charge in [-0.1, -0.05) is 0 Å². The number of carbonyl (C=O) groups excluding carboxylic acids is 2. The molecule has 0 unspecified atom stereocenters. The molecule has 3 aliphatic rings. The molecule has 11 nitrogen and oxygen atoms in total. The highest BCUT2D eigenvalue weighted by atomic mass is 19.1. The van der Waals surface area contributed by atoms with Gasteiger partial charge in [0.15, 0.2) is 0 Å². The van der Waals surface area contributed by atoms with Crippen molar-refractivity contribution in [3.05, 3.63) is 75.6 Å². The highest BCUT2D eigenvalue weighted by Crippen LogP contribution is 2.39. The maximum Gasteiger partial charge on any atom is 0.414 e. The predicted molar refractivity (Wildman–Crippen MR) is 166 cm³/mol. The van der Waals surface area contributed by atoms with Gasteiger partial charge >= 0.3 is 12.1 Å². The molecule has 2 amide bonds. The average molecular weight is 637 g/mol. The smallest absolute Gasteiger partial charge is 0.414 e. The number of hydrogen-bond donors (Lipinski definition) is 3. The van der Waals surface area contributed by atoms with E-state index in [0.29, 0.717) is 16.8 Å². The highest BCUT2D eigenvalue weighted by molar-refractivity contribution is 5.94. The number of piperidine rings is 1. The Kier molecular flexibility index (Phi) is 8.05. The fourth-order valence-electron chi connectivity index (χ4n) is 6.26. The van der Waals surface area contributed by atoms with Crippen LogP contribution in [0.1, 0.15) is 61.5 Å². The molecule has 3 N–H and O–H groups in total. The Labute approximate surface area is 262 Å². The number of aromatic carboxylic acids is 1. The van der Waals surface area contributed by atoms with Crippen LogP contribution in [0, 0.1) is 11.6 Å². The van der Waals surface area contributed by atoms with Crippen LogP contribution in [0.25, 0.3) is 16.5 Å². The lowest BCUT2D eigenvalue weighted by Crippen LogP contribution is -2.43. The summed E-state index contributed by atoms with van der Waals surface area (Å²) in [7, 11) is 0. The summed E-state index contributed by atoms with van der Waals surface area (Å²) < 4.78 is 37.7. The lowest BCUT2D eigenvalue weighted by molar-refractivity contribution is -0.119. The van der Waals surface area contributed by atoms with Crippen LogP contribution in [-0.4, -0.2) is 70.6 Å². The van der Waals surface area contributed by atoms with E-state index >= 15 is 8.78 Å². The summed E-state index contributed by atoms with van der Waals surface area (Å²) in [5.74, 6) is -2.85. The van der Waals surface area contributed by atoms with Crippen LogP contribution in [-0.2, 0) is 9.53 Å². The number of ether oxygens (including phenoxy) is 1. The molecule has 1 atom stereocenters. The number of aliphatic hydroxyl groups is 1. The van der Waals surface area contributed by atoms with Crippen LogP contribution < -0.4 is 20.5 Å². The summed E-state index contributed by atoms with van der Waals surface area (Å²) in [4.78, 5) is 51.0. The van der Waals surface area contributed by atoms with Crippen molar-refractivity contribution < 1.29 is 38.1 Å². The minimum absolute atomic E-state index is 0.0135. The number of aromatic nitrogens is 1. The number of benzene rings is 2. The van der Waals surface area contributed by atoms with E-state index in [4.69, 9.17) is 4.74 Å². The van der Waals surface area contributed by atoms with E-state index < -0.39 is 46.4 Å². The van der Waals surface area contributed by atoms with E-state index in [2.05, 4.69) is 5.32 Å². The molecule has 1 aliphatic carbocycles. The van der Waals surface area contributed by atoms with Gasteiger partial charge in [0, 0.05) is 43.2 Å². The average Bonchev–Trinajstić information content (AvgIpc) is 3.77. The van der Waals surface area contributed by atoms with Crippen LogP contribution in [0.4, 0.5) is 25.0 Å². The number of fused-ring (bicyclic) bond motifs is 1. The van der Waals surface area contributed by atoms with E-state index in [1.807, 2.05) is 0 Å². The molecule has 1 saturated carbocycles. The van der Waals surface area contributed by atoms with E-state index in [0.717, 1.165) is 18.9 Å². The summed E-state index contributed by atoms with van der Waals surface area (Å²) in [6.45, 7) is 3.91. The maximum absolute atomic E-state index is 15.4. The van der Waals surface area contributed by atoms with E-state index in [1.54, 1.807) is 34.6 Å². The molecule has 3 heterocycles.